The summed E-state index contributed by atoms with van der Waals surface area (Å²) in [6.45, 7) is 3.39. The Morgan fingerprint density at radius 2 is 1.70 bits per heavy atom. The van der Waals surface area contributed by atoms with Crippen molar-refractivity contribution in [3.05, 3.63) is 84.7 Å². The number of aromatic nitrogens is 2. The van der Waals surface area contributed by atoms with Gasteiger partial charge in [-0.05, 0) is 55.6 Å². The molecule has 1 atom stereocenters. The topological polar surface area (TPSA) is 110 Å². The second-order valence-corrected chi connectivity index (χ2v) is 9.06. The summed E-state index contributed by atoms with van der Waals surface area (Å²) in [4.78, 5) is 20.6. The molecule has 0 fully saturated rings. The van der Waals surface area contributed by atoms with Crippen LogP contribution in [0.3, 0.4) is 0 Å². The lowest BCUT2D eigenvalue weighted by molar-refractivity contribution is -0.122. The third-order valence-corrected chi connectivity index (χ3v) is 6.22. The van der Waals surface area contributed by atoms with Gasteiger partial charge in [0.1, 0.15) is 5.75 Å². The second kappa shape index (κ2) is 9.25. The smallest absolute Gasteiger partial charge is 0.265 e. The third-order valence-electron chi connectivity index (χ3n) is 4.88. The van der Waals surface area contributed by atoms with Gasteiger partial charge >= 0.3 is 0 Å². The molecule has 1 heterocycles. The minimum atomic E-state index is -3.87. The van der Waals surface area contributed by atoms with Crippen LogP contribution < -0.4 is 14.8 Å². The number of hydrogen-bond donors (Lipinski definition) is 2. The highest BCUT2D eigenvalue weighted by Crippen LogP contribution is 2.26. The summed E-state index contributed by atoms with van der Waals surface area (Å²) in [6.07, 6.45) is 0.708. The van der Waals surface area contributed by atoms with Gasteiger partial charge in [-0.2, -0.15) is 0 Å². The normalized spacial score (nSPS) is 12.2. The van der Waals surface area contributed by atoms with Crippen molar-refractivity contribution in [2.45, 2.75) is 24.8 Å². The number of carbonyl (C=O) groups is 1. The molecule has 33 heavy (non-hydrogen) atoms. The highest BCUT2D eigenvalue weighted by Gasteiger charge is 2.18. The first-order valence-corrected chi connectivity index (χ1v) is 11.7. The molecule has 1 amide bonds. The number of sulfonamides is 1. The Hall–Kier alpha value is -3.98. The molecule has 0 saturated carbocycles. The van der Waals surface area contributed by atoms with E-state index >= 15 is 0 Å². The molecule has 4 aromatic rings. The number of benzene rings is 3. The molecule has 0 aliphatic rings. The number of rotatable bonds is 7. The lowest BCUT2D eigenvalue weighted by Gasteiger charge is -2.16. The highest BCUT2D eigenvalue weighted by molar-refractivity contribution is 7.92. The summed E-state index contributed by atoms with van der Waals surface area (Å²) in [7, 11) is -3.87. The fourth-order valence-corrected chi connectivity index (χ4v) is 4.13. The van der Waals surface area contributed by atoms with Gasteiger partial charge in [0, 0.05) is 23.0 Å². The number of anilines is 2. The van der Waals surface area contributed by atoms with Gasteiger partial charge in [-0.1, -0.05) is 36.4 Å². The summed E-state index contributed by atoms with van der Waals surface area (Å²) in [5.74, 6) is 0.248. The van der Waals surface area contributed by atoms with E-state index in [0.29, 0.717) is 17.1 Å². The van der Waals surface area contributed by atoms with Gasteiger partial charge in [0.25, 0.3) is 15.9 Å². The molecule has 0 radical (unpaired) electrons. The van der Waals surface area contributed by atoms with Crippen molar-refractivity contribution in [1.82, 2.24) is 9.97 Å². The molecule has 3 aromatic carbocycles. The van der Waals surface area contributed by atoms with Crippen LogP contribution in [0.2, 0.25) is 0 Å². The van der Waals surface area contributed by atoms with Crippen molar-refractivity contribution in [3.8, 4) is 5.75 Å². The quantitative estimate of drug-likeness (QED) is 0.427. The first-order chi connectivity index (χ1) is 15.8. The minimum Gasteiger partial charge on any atom is -0.480 e. The number of aryl methyl sites for hydroxylation is 1. The van der Waals surface area contributed by atoms with Gasteiger partial charge in [0.15, 0.2) is 6.10 Å². The van der Waals surface area contributed by atoms with Crippen molar-refractivity contribution in [2.24, 2.45) is 0 Å². The van der Waals surface area contributed by atoms with Gasteiger partial charge in [-0.25, -0.2) is 23.1 Å². The fourth-order valence-electron chi connectivity index (χ4n) is 3.18. The number of fused-ring (bicyclic) bond motifs is 1. The molecular weight excluding hydrogens is 440 g/mol. The standard InChI is InChI=1S/C24H22N4O4S/c1-16-14-15-25-24(26-16)28-33(30,31)20-12-10-19(11-13-20)27-23(29)17(2)32-22-9-5-7-18-6-3-4-8-21(18)22/h3-15,17H,1-2H3,(H,27,29)(H,25,26,28). The molecule has 1 aromatic heterocycles. The summed E-state index contributed by atoms with van der Waals surface area (Å²) in [6, 6.07) is 20.9. The fraction of sp³-hybridized carbons (Fsp3) is 0.125. The van der Waals surface area contributed by atoms with E-state index in [-0.39, 0.29) is 16.8 Å². The molecule has 2 N–H and O–H groups in total. The number of nitrogens with one attached hydrogen (secondary N) is 2. The SMILES string of the molecule is Cc1ccnc(NS(=O)(=O)c2ccc(NC(=O)C(C)Oc3cccc4ccccc34)cc2)n1. The largest absolute Gasteiger partial charge is 0.480 e. The number of hydrogen-bond acceptors (Lipinski definition) is 6. The lowest BCUT2D eigenvalue weighted by atomic mass is 10.1. The summed E-state index contributed by atoms with van der Waals surface area (Å²) < 4.78 is 33.4. The van der Waals surface area contributed by atoms with Gasteiger partial charge < -0.3 is 10.1 Å². The van der Waals surface area contributed by atoms with Crippen LogP contribution in [0.1, 0.15) is 12.6 Å². The predicted octanol–water partition coefficient (Wildman–Crippen LogP) is 4.15. The average molecular weight is 463 g/mol. The van der Waals surface area contributed by atoms with Crippen LogP contribution in [0, 0.1) is 6.92 Å². The molecule has 168 valence electrons. The molecule has 0 spiro atoms. The zero-order valence-electron chi connectivity index (χ0n) is 18.0. The maximum absolute atomic E-state index is 12.6. The van der Waals surface area contributed by atoms with E-state index in [2.05, 4.69) is 20.0 Å². The van der Waals surface area contributed by atoms with E-state index in [1.165, 1.54) is 30.5 Å². The van der Waals surface area contributed by atoms with Crippen LogP contribution in [0.4, 0.5) is 11.6 Å². The van der Waals surface area contributed by atoms with Gasteiger partial charge in [-0.3, -0.25) is 4.79 Å². The van der Waals surface area contributed by atoms with Crippen molar-refractivity contribution in [3.63, 3.8) is 0 Å². The Bertz CT molecular complexity index is 1400. The Morgan fingerprint density at radius 3 is 2.45 bits per heavy atom. The number of nitrogens with zero attached hydrogens (tertiary/aromatic N) is 2. The van der Waals surface area contributed by atoms with Crippen molar-refractivity contribution < 1.29 is 17.9 Å². The summed E-state index contributed by atoms with van der Waals surface area (Å²) >= 11 is 0. The van der Waals surface area contributed by atoms with E-state index in [0.717, 1.165) is 10.8 Å². The lowest BCUT2D eigenvalue weighted by Crippen LogP contribution is -2.30. The Morgan fingerprint density at radius 1 is 0.970 bits per heavy atom. The molecule has 0 aliphatic carbocycles. The van der Waals surface area contributed by atoms with Crippen LogP contribution >= 0.6 is 0 Å². The molecule has 0 bridgehead atoms. The summed E-state index contributed by atoms with van der Waals surface area (Å²) in [5, 5.41) is 4.68. The van der Waals surface area contributed by atoms with Crippen molar-refractivity contribution >= 4 is 38.3 Å². The molecule has 1 unspecified atom stereocenters. The van der Waals surface area contributed by atoms with Crippen LogP contribution in [0.25, 0.3) is 10.8 Å². The Balaban J connectivity index is 1.42. The number of amides is 1. The molecule has 0 aliphatic heterocycles. The third kappa shape index (κ3) is 5.27. The van der Waals surface area contributed by atoms with E-state index in [9.17, 15) is 13.2 Å². The summed E-state index contributed by atoms with van der Waals surface area (Å²) in [5.41, 5.74) is 1.08. The van der Waals surface area contributed by atoms with Crippen molar-refractivity contribution in [2.75, 3.05) is 10.0 Å². The maximum Gasteiger partial charge on any atom is 0.265 e. The zero-order valence-corrected chi connectivity index (χ0v) is 18.8. The molecule has 8 nitrogen and oxygen atoms in total. The zero-order chi connectivity index (χ0) is 23.4. The molecule has 0 saturated heterocycles. The van der Waals surface area contributed by atoms with Crippen molar-refractivity contribution in [1.29, 1.82) is 0 Å². The van der Waals surface area contributed by atoms with Crippen LogP contribution in [-0.4, -0.2) is 30.4 Å². The predicted molar refractivity (Wildman–Crippen MR) is 127 cm³/mol. The molecular formula is C24H22N4O4S. The highest BCUT2D eigenvalue weighted by atomic mass is 32.2. The van der Waals surface area contributed by atoms with E-state index in [4.69, 9.17) is 4.74 Å². The van der Waals surface area contributed by atoms with Crippen LogP contribution in [0.5, 0.6) is 5.75 Å². The first kappa shape index (κ1) is 22.2. The second-order valence-electron chi connectivity index (χ2n) is 7.38. The monoisotopic (exact) mass is 462 g/mol. The van der Waals surface area contributed by atoms with Crippen LogP contribution in [0.15, 0.2) is 83.9 Å². The maximum atomic E-state index is 12.6. The number of carbonyl (C=O) groups excluding carboxylic acids is 1. The minimum absolute atomic E-state index is 0.00760. The van der Waals surface area contributed by atoms with E-state index < -0.39 is 16.1 Å². The van der Waals surface area contributed by atoms with Gasteiger partial charge in [0.2, 0.25) is 5.95 Å². The van der Waals surface area contributed by atoms with Gasteiger partial charge in [-0.15, -0.1) is 0 Å². The Labute approximate surface area is 191 Å². The van der Waals surface area contributed by atoms with E-state index in [1.807, 2.05) is 42.5 Å². The Kier molecular flexibility index (Phi) is 6.23. The molecule has 4 rings (SSSR count). The average Bonchev–Trinajstić information content (AvgIpc) is 2.79. The van der Waals surface area contributed by atoms with E-state index in [1.54, 1.807) is 19.9 Å². The first-order valence-electron chi connectivity index (χ1n) is 10.2. The van der Waals surface area contributed by atoms with Crippen LogP contribution in [-0.2, 0) is 14.8 Å². The van der Waals surface area contributed by atoms with Gasteiger partial charge in [0.05, 0.1) is 4.90 Å². The number of ether oxygens (including phenoxy) is 1. The molecule has 9 heteroatoms.